The van der Waals surface area contributed by atoms with Gasteiger partial charge < -0.3 is 5.32 Å². The third-order valence-electron chi connectivity index (χ3n) is 4.10. The molecule has 1 amide bonds. The molecule has 0 atom stereocenters. The Morgan fingerprint density at radius 3 is 2.64 bits per heavy atom. The van der Waals surface area contributed by atoms with Crippen LogP contribution >= 0.6 is 0 Å². The van der Waals surface area contributed by atoms with E-state index in [0.29, 0.717) is 0 Å². The van der Waals surface area contributed by atoms with Crippen molar-refractivity contribution in [3.8, 4) is 0 Å². The first-order valence-corrected chi connectivity index (χ1v) is 8.03. The number of carbonyl (C=O) groups excluding carboxylic acids is 1. The molecule has 3 rings (SSSR count). The van der Waals surface area contributed by atoms with Crippen LogP contribution in [0.2, 0.25) is 0 Å². The lowest BCUT2D eigenvalue weighted by molar-refractivity contribution is -0.116. The summed E-state index contributed by atoms with van der Waals surface area (Å²) in [5.74, 6) is -0.0253. The average molecular weight is 297 g/mol. The van der Waals surface area contributed by atoms with Gasteiger partial charge in [0.25, 0.3) is 0 Å². The van der Waals surface area contributed by atoms with Crippen LogP contribution in [-0.4, -0.2) is 15.7 Å². The van der Waals surface area contributed by atoms with Gasteiger partial charge in [-0.25, -0.2) is 0 Å². The molecule has 1 heterocycles. The monoisotopic (exact) mass is 297 g/mol. The van der Waals surface area contributed by atoms with Gasteiger partial charge in [-0.15, -0.1) is 0 Å². The summed E-state index contributed by atoms with van der Waals surface area (Å²) in [6.07, 6.45) is 7.90. The maximum Gasteiger partial charge on any atom is 0.246 e. The summed E-state index contributed by atoms with van der Waals surface area (Å²) in [6, 6.07) is 6.08. The zero-order valence-corrected chi connectivity index (χ0v) is 13.4. The summed E-state index contributed by atoms with van der Waals surface area (Å²) in [4.78, 5) is 12.2. The van der Waals surface area contributed by atoms with Gasteiger partial charge in [0.15, 0.2) is 0 Å². The number of nitrogens with zero attached hydrogens (tertiary/aromatic N) is 2. The second-order valence-electron chi connectivity index (χ2n) is 6.28. The lowest BCUT2D eigenvalue weighted by Gasteiger charge is -2.07. The van der Waals surface area contributed by atoms with Crippen molar-refractivity contribution in [2.75, 3.05) is 5.32 Å². The summed E-state index contributed by atoms with van der Waals surface area (Å²) < 4.78 is 1.79. The highest BCUT2D eigenvalue weighted by Gasteiger charge is 2.13. The highest BCUT2D eigenvalue weighted by Crippen LogP contribution is 2.19. The Morgan fingerprint density at radius 2 is 1.86 bits per heavy atom. The molecule has 2 aromatic rings. The van der Waals surface area contributed by atoms with Crippen molar-refractivity contribution in [1.82, 2.24) is 9.78 Å². The minimum atomic E-state index is -0.0253. The maximum atomic E-state index is 12.2. The molecule has 0 unspecified atom stereocenters. The lowest BCUT2D eigenvalue weighted by atomic mass is 10.1. The maximum absolute atomic E-state index is 12.2. The van der Waals surface area contributed by atoms with E-state index in [9.17, 15) is 4.79 Å². The number of benzene rings is 1. The third kappa shape index (κ3) is 3.56. The van der Waals surface area contributed by atoms with Crippen molar-refractivity contribution in [3.05, 3.63) is 46.8 Å². The molecule has 0 saturated heterocycles. The number of fused-ring (bicyclic) bond motifs is 1. The summed E-state index contributed by atoms with van der Waals surface area (Å²) in [7, 11) is 0. The molecule has 116 valence electrons. The number of carbonyl (C=O) groups is 1. The van der Waals surface area contributed by atoms with Crippen LogP contribution in [0.5, 0.6) is 0 Å². The normalized spacial score (nSPS) is 14.3. The van der Waals surface area contributed by atoms with Crippen molar-refractivity contribution < 1.29 is 4.79 Å². The number of anilines is 1. The van der Waals surface area contributed by atoms with Crippen molar-refractivity contribution >= 4 is 11.6 Å². The number of hydrogen-bond acceptors (Lipinski definition) is 2. The lowest BCUT2D eigenvalue weighted by Crippen LogP contribution is -2.19. The molecule has 1 aromatic carbocycles. The number of hydrogen-bond donors (Lipinski definition) is 1. The van der Waals surface area contributed by atoms with E-state index in [1.807, 2.05) is 32.2 Å². The topological polar surface area (TPSA) is 46.9 Å². The molecule has 1 N–H and O–H groups in total. The number of aromatic nitrogens is 2. The molecule has 22 heavy (non-hydrogen) atoms. The van der Waals surface area contributed by atoms with Crippen molar-refractivity contribution in [1.29, 1.82) is 0 Å². The van der Waals surface area contributed by atoms with E-state index in [0.717, 1.165) is 29.7 Å². The van der Waals surface area contributed by atoms with E-state index in [4.69, 9.17) is 0 Å². The molecule has 0 radical (unpaired) electrons. The summed E-state index contributed by atoms with van der Waals surface area (Å²) in [6.45, 7) is 4.35. The standard InChI is InChI=1S/C18H23N3O/c1-13-8-14(2)10-16(9-13)19-18(22)12-21-11-15-6-4-3-5-7-17(15)20-21/h8-11H,3-7,12H2,1-2H3,(H,19,22). The second kappa shape index (κ2) is 6.34. The molecule has 4 nitrogen and oxygen atoms in total. The van der Waals surface area contributed by atoms with Gasteiger partial charge in [0, 0.05) is 11.9 Å². The first-order valence-electron chi connectivity index (χ1n) is 8.03. The van der Waals surface area contributed by atoms with Gasteiger partial charge in [-0.1, -0.05) is 12.5 Å². The van der Waals surface area contributed by atoms with E-state index in [1.54, 1.807) is 4.68 Å². The predicted molar refractivity (Wildman–Crippen MR) is 88.0 cm³/mol. The number of aryl methyl sites for hydroxylation is 4. The predicted octanol–water partition coefficient (Wildman–Crippen LogP) is 3.41. The van der Waals surface area contributed by atoms with E-state index in [-0.39, 0.29) is 12.5 Å². The van der Waals surface area contributed by atoms with Gasteiger partial charge in [0.1, 0.15) is 6.54 Å². The smallest absolute Gasteiger partial charge is 0.246 e. The molecular weight excluding hydrogens is 274 g/mol. The molecule has 0 spiro atoms. The van der Waals surface area contributed by atoms with Crippen LogP contribution in [0, 0.1) is 13.8 Å². The van der Waals surface area contributed by atoms with E-state index in [2.05, 4.69) is 16.5 Å². The van der Waals surface area contributed by atoms with Crippen molar-refractivity contribution in [2.24, 2.45) is 0 Å². The Labute approximate surface area is 131 Å². The van der Waals surface area contributed by atoms with Crippen LogP contribution < -0.4 is 5.32 Å². The zero-order chi connectivity index (χ0) is 15.5. The molecule has 1 aromatic heterocycles. The fraction of sp³-hybridized carbons (Fsp3) is 0.444. The van der Waals surface area contributed by atoms with Crippen LogP contribution in [0.1, 0.15) is 41.6 Å². The largest absolute Gasteiger partial charge is 0.324 e. The Bertz CT molecular complexity index is 644. The van der Waals surface area contributed by atoms with Gasteiger partial charge in [-0.05, 0) is 68.4 Å². The van der Waals surface area contributed by atoms with Crippen molar-refractivity contribution in [3.63, 3.8) is 0 Å². The fourth-order valence-corrected chi connectivity index (χ4v) is 3.18. The van der Waals surface area contributed by atoms with Crippen LogP contribution in [0.3, 0.4) is 0 Å². The third-order valence-corrected chi connectivity index (χ3v) is 4.10. The number of nitrogens with one attached hydrogen (secondary N) is 1. The molecule has 4 heteroatoms. The highest BCUT2D eigenvalue weighted by atomic mass is 16.2. The van der Waals surface area contributed by atoms with E-state index >= 15 is 0 Å². The Morgan fingerprint density at radius 1 is 1.14 bits per heavy atom. The Kier molecular flexibility index (Phi) is 4.27. The van der Waals surface area contributed by atoms with E-state index < -0.39 is 0 Å². The highest BCUT2D eigenvalue weighted by molar-refractivity contribution is 5.90. The van der Waals surface area contributed by atoms with Crippen LogP contribution in [-0.2, 0) is 24.2 Å². The minimum absolute atomic E-state index is 0.0253. The van der Waals surface area contributed by atoms with Gasteiger partial charge in [0.05, 0.1) is 5.69 Å². The van der Waals surface area contributed by atoms with Gasteiger partial charge in [-0.2, -0.15) is 5.10 Å². The molecule has 0 bridgehead atoms. The van der Waals surface area contributed by atoms with Crippen molar-refractivity contribution in [2.45, 2.75) is 52.5 Å². The van der Waals surface area contributed by atoms with Crippen LogP contribution in [0.15, 0.2) is 24.4 Å². The second-order valence-corrected chi connectivity index (χ2v) is 6.28. The summed E-state index contributed by atoms with van der Waals surface area (Å²) in [5, 5.41) is 7.55. The molecular formula is C18H23N3O. The average Bonchev–Trinajstić information content (AvgIpc) is 2.66. The summed E-state index contributed by atoms with van der Waals surface area (Å²) >= 11 is 0. The quantitative estimate of drug-likeness (QED) is 0.883. The minimum Gasteiger partial charge on any atom is -0.324 e. The first kappa shape index (κ1) is 14.8. The Balaban J connectivity index is 1.66. The van der Waals surface area contributed by atoms with E-state index in [1.165, 1.54) is 30.5 Å². The Hall–Kier alpha value is -2.10. The number of amides is 1. The number of rotatable bonds is 3. The molecule has 0 aliphatic heterocycles. The van der Waals surface area contributed by atoms with Crippen LogP contribution in [0.4, 0.5) is 5.69 Å². The molecule has 1 aliphatic rings. The molecule has 0 fully saturated rings. The molecule has 0 saturated carbocycles. The van der Waals surface area contributed by atoms with Crippen LogP contribution in [0.25, 0.3) is 0 Å². The van der Waals surface area contributed by atoms with Gasteiger partial charge in [-0.3, -0.25) is 9.48 Å². The van der Waals surface area contributed by atoms with Gasteiger partial charge in [0.2, 0.25) is 5.91 Å². The molecule has 1 aliphatic carbocycles. The fourth-order valence-electron chi connectivity index (χ4n) is 3.18. The first-order chi connectivity index (χ1) is 10.6. The SMILES string of the molecule is Cc1cc(C)cc(NC(=O)Cn2cc3c(n2)CCCCC3)c1. The summed E-state index contributed by atoms with van der Waals surface area (Å²) in [5.41, 5.74) is 5.66. The zero-order valence-electron chi connectivity index (χ0n) is 13.4. The van der Waals surface area contributed by atoms with Gasteiger partial charge >= 0.3 is 0 Å².